The van der Waals surface area contributed by atoms with Gasteiger partial charge in [-0.2, -0.15) is 0 Å². The van der Waals surface area contributed by atoms with Crippen LogP contribution in [0.3, 0.4) is 0 Å². The van der Waals surface area contributed by atoms with E-state index in [1.54, 1.807) is 11.3 Å². The summed E-state index contributed by atoms with van der Waals surface area (Å²) < 4.78 is 5.52. The van der Waals surface area contributed by atoms with Crippen molar-refractivity contribution in [3.8, 4) is 0 Å². The number of guanidine groups is 1. The molecule has 0 aliphatic carbocycles. The van der Waals surface area contributed by atoms with E-state index in [4.69, 9.17) is 10.5 Å². The smallest absolute Gasteiger partial charge is 0.191 e. The SMILES string of the molecule is CC1CN(C(N)=NCC(c2cccs2)N(C)C)CCO1.I. The number of nitrogens with zero attached hydrogens (tertiary/aromatic N) is 3. The Labute approximate surface area is 148 Å². The van der Waals surface area contributed by atoms with Gasteiger partial charge in [0.15, 0.2) is 5.96 Å². The van der Waals surface area contributed by atoms with E-state index in [-0.39, 0.29) is 36.1 Å². The number of rotatable bonds is 4. The Balaban J connectivity index is 0.00000220. The first-order chi connectivity index (χ1) is 9.58. The van der Waals surface area contributed by atoms with Gasteiger partial charge >= 0.3 is 0 Å². The number of nitrogens with two attached hydrogens (primary N) is 1. The van der Waals surface area contributed by atoms with Gasteiger partial charge in [-0.1, -0.05) is 6.07 Å². The molecule has 1 aromatic rings. The summed E-state index contributed by atoms with van der Waals surface area (Å²) in [5, 5.41) is 2.10. The lowest BCUT2D eigenvalue weighted by Crippen LogP contribution is -2.48. The molecular weight excluding hydrogens is 399 g/mol. The van der Waals surface area contributed by atoms with Gasteiger partial charge < -0.3 is 20.3 Å². The lowest BCUT2D eigenvalue weighted by atomic mass is 10.2. The molecule has 21 heavy (non-hydrogen) atoms. The van der Waals surface area contributed by atoms with E-state index in [1.165, 1.54) is 4.88 Å². The molecule has 5 nitrogen and oxygen atoms in total. The summed E-state index contributed by atoms with van der Waals surface area (Å²) in [5.41, 5.74) is 6.12. The Kier molecular flexibility index (Phi) is 7.93. The zero-order chi connectivity index (χ0) is 14.5. The Bertz CT molecular complexity index is 438. The monoisotopic (exact) mass is 424 g/mol. The number of morpholine rings is 1. The molecule has 1 saturated heterocycles. The third-order valence-corrected chi connectivity index (χ3v) is 4.46. The van der Waals surface area contributed by atoms with Crippen LogP contribution in [0.4, 0.5) is 0 Å². The van der Waals surface area contributed by atoms with Crippen molar-refractivity contribution in [2.45, 2.75) is 19.1 Å². The second-order valence-electron chi connectivity index (χ2n) is 5.32. The third-order valence-electron chi connectivity index (χ3n) is 3.49. The van der Waals surface area contributed by atoms with Crippen LogP contribution in [0.25, 0.3) is 0 Å². The number of hydrogen-bond donors (Lipinski definition) is 1. The maximum absolute atomic E-state index is 6.12. The first-order valence-corrected chi connectivity index (χ1v) is 7.82. The van der Waals surface area contributed by atoms with Crippen molar-refractivity contribution in [3.05, 3.63) is 22.4 Å². The molecule has 0 aromatic carbocycles. The molecule has 1 aliphatic heterocycles. The van der Waals surface area contributed by atoms with Gasteiger partial charge in [0.25, 0.3) is 0 Å². The largest absolute Gasteiger partial charge is 0.375 e. The highest BCUT2D eigenvalue weighted by Crippen LogP contribution is 2.23. The maximum atomic E-state index is 6.12. The molecule has 2 unspecified atom stereocenters. The van der Waals surface area contributed by atoms with E-state index in [0.717, 1.165) is 19.7 Å². The van der Waals surface area contributed by atoms with Gasteiger partial charge in [-0.05, 0) is 32.5 Å². The number of hydrogen-bond acceptors (Lipinski definition) is 4. The van der Waals surface area contributed by atoms with Crippen LogP contribution in [0, 0.1) is 0 Å². The van der Waals surface area contributed by atoms with Gasteiger partial charge in [0, 0.05) is 18.0 Å². The summed E-state index contributed by atoms with van der Waals surface area (Å²) in [5.74, 6) is 0.628. The maximum Gasteiger partial charge on any atom is 0.191 e. The number of ether oxygens (including phenoxy) is 1. The lowest BCUT2D eigenvalue weighted by molar-refractivity contribution is 0.00526. The van der Waals surface area contributed by atoms with Crippen LogP contribution in [0.2, 0.25) is 0 Å². The van der Waals surface area contributed by atoms with Gasteiger partial charge in [-0.3, -0.25) is 4.99 Å². The van der Waals surface area contributed by atoms with Crippen molar-refractivity contribution in [1.82, 2.24) is 9.80 Å². The fourth-order valence-corrected chi connectivity index (χ4v) is 3.21. The summed E-state index contributed by atoms with van der Waals surface area (Å²) in [6.45, 7) is 5.12. The molecule has 0 bridgehead atoms. The fraction of sp³-hybridized carbons (Fsp3) is 0.643. The van der Waals surface area contributed by atoms with Crippen LogP contribution in [0.15, 0.2) is 22.5 Å². The predicted octanol–water partition coefficient (Wildman–Crippen LogP) is 2.00. The second-order valence-corrected chi connectivity index (χ2v) is 6.30. The van der Waals surface area contributed by atoms with Gasteiger partial charge in [0.05, 0.1) is 25.3 Å². The van der Waals surface area contributed by atoms with Gasteiger partial charge in [0.1, 0.15) is 0 Å². The number of thiophene rings is 1. The summed E-state index contributed by atoms with van der Waals surface area (Å²) >= 11 is 1.76. The minimum Gasteiger partial charge on any atom is -0.375 e. The van der Waals surface area contributed by atoms with Crippen molar-refractivity contribution in [1.29, 1.82) is 0 Å². The third kappa shape index (κ3) is 5.39. The normalized spacial score (nSPS) is 21.2. The molecule has 2 N–H and O–H groups in total. The van der Waals surface area contributed by atoms with E-state index in [9.17, 15) is 0 Å². The van der Waals surface area contributed by atoms with Crippen molar-refractivity contribution in [2.75, 3.05) is 40.3 Å². The van der Waals surface area contributed by atoms with E-state index in [2.05, 4.69) is 53.3 Å². The Morgan fingerprint density at radius 3 is 2.95 bits per heavy atom. The molecule has 0 radical (unpaired) electrons. The number of halogens is 1. The predicted molar refractivity (Wildman–Crippen MR) is 99.6 cm³/mol. The van der Waals surface area contributed by atoms with Crippen LogP contribution in [-0.4, -0.2) is 62.2 Å². The first kappa shape index (κ1) is 18.7. The second kappa shape index (κ2) is 8.92. The topological polar surface area (TPSA) is 54.1 Å². The summed E-state index contributed by atoms with van der Waals surface area (Å²) in [6.07, 6.45) is 0.222. The van der Waals surface area contributed by atoms with Gasteiger partial charge in [0.2, 0.25) is 0 Å². The summed E-state index contributed by atoms with van der Waals surface area (Å²) in [4.78, 5) is 10.2. The highest BCUT2D eigenvalue weighted by atomic mass is 127. The highest BCUT2D eigenvalue weighted by Gasteiger charge is 2.19. The average Bonchev–Trinajstić information content (AvgIpc) is 2.92. The zero-order valence-corrected chi connectivity index (χ0v) is 16.0. The van der Waals surface area contributed by atoms with Crippen LogP contribution < -0.4 is 5.73 Å². The van der Waals surface area contributed by atoms with Crippen LogP contribution >= 0.6 is 35.3 Å². The van der Waals surface area contributed by atoms with E-state index in [0.29, 0.717) is 12.5 Å². The standard InChI is InChI=1S/C14H24N4OS.HI/c1-11-10-18(6-7-19-11)14(15)16-9-12(17(2)3)13-5-4-8-20-13;/h4-5,8,11-12H,6-7,9-10H2,1-3H3,(H2,15,16);1H. The quantitative estimate of drug-likeness (QED) is 0.457. The van der Waals surface area contributed by atoms with Crippen LogP contribution in [0.5, 0.6) is 0 Å². The molecule has 1 fully saturated rings. The average molecular weight is 424 g/mol. The van der Waals surface area contributed by atoms with E-state index in [1.807, 2.05) is 0 Å². The molecule has 2 heterocycles. The Morgan fingerprint density at radius 1 is 1.62 bits per heavy atom. The zero-order valence-electron chi connectivity index (χ0n) is 12.9. The molecular formula is C14H25IN4OS. The molecule has 7 heteroatoms. The van der Waals surface area contributed by atoms with E-state index < -0.39 is 0 Å². The van der Waals surface area contributed by atoms with Gasteiger partial charge in [-0.25, -0.2) is 0 Å². The van der Waals surface area contributed by atoms with Crippen LogP contribution in [0.1, 0.15) is 17.8 Å². The minimum atomic E-state index is 0. The molecule has 0 amide bonds. The molecule has 0 spiro atoms. The minimum absolute atomic E-state index is 0. The number of likely N-dealkylation sites (N-methyl/N-ethyl adjacent to an activating group) is 1. The summed E-state index contributed by atoms with van der Waals surface area (Å²) in [7, 11) is 4.15. The first-order valence-electron chi connectivity index (χ1n) is 6.94. The van der Waals surface area contributed by atoms with Gasteiger partial charge in [-0.15, -0.1) is 35.3 Å². The molecule has 120 valence electrons. The Hall–Kier alpha value is -0.380. The lowest BCUT2D eigenvalue weighted by Gasteiger charge is -2.32. The van der Waals surface area contributed by atoms with Crippen molar-refractivity contribution in [3.63, 3.8) is 0 Å². The Morgan fingerprint density at radius 2 is 2.38 bits per heavy atom. The van der Waals surface area contributed by atoms with E-state index >= 15 is 0 Å². The molecule has 2 rings (SSSR count). The summed E-state index contributed by atoms with van der Waals surface area (Å²) in [6, 6.07) is 4.51. The van der Waals surface area contributed by atoms with Crippen molar-refractivity contribution in [2.24, 2.45) is 10.7 Å². The molecule has 2 atom stereocenters. The van der Waals surface area contributed by atoms with Crippen molar-refractivity contribution < 1.29 is 4.74 Å². The molecule has 1 aromatic heterocycles. The fourth-order valence-electron chi connectivity index (χ4n) is 2.30. The highest BCUT2D eigenvalue weighted by molar-refractivity contribution is 14.0. The number of aliphatic imine (C=N–C) groups is 1. The molecule has 0 saturated carbocycles. The van der Waals surface area contributed by atoms with Crippen molar-refractivity contribution >= 4 is 41.3 Å². The molecule has 1 aliphatic rings. The van der Waals surface area contributed by atoms with Crippen LogP contribution in [-0.2, 0) is 4.74 Å².